The number of fused-ring (bicyclic) bond motifs is 12. The molecular formula is C109H92N6O13S3Se. The number of sulfone groups is 1. The maximum atomic E-state index is 12.9. The third-order valence-electron chi connectivity index (χ3n) is 23.0. The summed E-state index contributed by atoms with van der Waals surface area (Å²) in [5.41, 5.74) is 18.1. The van der Waals surface area contributed by atoms with Gasteiger partial charge < -0.3 is 41.0 Å². The van der Waals surface area contributed by atoms with Gasteiger partial charge in [-0.15, -0.1) is 0 Å². The molecule has 660 valence electrons. The molecule has 6 aliphatic heterocycles. The maximum absolute atomic E-state index is 12.9. The average molecular weight is 1870 g/mol. The van der Waals surface area contributed by atoms with Gasteiger partial charge in [0.2, 0.25) is 39.3 Å². The van der Waals surface area contributed by atoms with Crippen molar-refractivity contribution < 1.29 is 58.1 Å². The third-order valence-corrected chi connectivity index (χ3v) is 29.5. The number of benzene rings is 12. The van der Waals surface area contributed by atoms with E-state index >= 15 is 0 Å². The van der Waals surface area contributed by atoms with Gasteiger partial charge in [0, 0.05) is 29.0 Å². The molecule has 12 aromatic carbocycles. The number of furan rings is 6. The molecule has 6 aliphatic rings. The topological polar surface area (TPSA) is 186 Å². The van der Waals surface area contributed by atoms with Gasteiger partial charge >= 0.3 is 130 Å². The van der Waals surface area contributed by atoms with E-state index in [4.69, 9.17) is 45.5 Å². The van der Waals surface area contributed by atoms with Gasteiger partial charge in [0.1, 0.15) is 55.8 Å². The van der Waals surface area contributed by atoms with Crippen LogP contribution in [0.15, 0.2) is 383 Å². The second kappa shape index (κ2) is 36.7. The average Bonchev–Trinajstić information content (AvgIpc) is 1.48. The van der Waals surface area contributed by atoms with Crippen molar-refractivity contribution in [2.24, 2.45) is 0 Å². The number of ether oxygens (including phenoxy) is 4. The summed E-state index contributed by atoms with van der Waals surface area (Å²) < 4.78 is 99.4. The van der Waals surface area contributed by atoms with E-state index in [1.807, 2.05) is 226 Å². The number of aryl methyl sites for hydroxylation is 9. The molecule has 6 aromatic heterocycles. The van der Waals surface area contributed by atoms with E-state index in [1.54, 1.807) is 64.3 Å². The van der Waals surface area contributed by atoms with Crippen LogP contribution in [0.2, 0.25) is 0 Å². The molecular weight excluding hydrogens is 1780 g/mol. The van der Waals surface area contributed by atoms with Gasteiger partial charge in [0.25, 0.3) is 0 Å². The number of para-hydroxylation sites is 16. The Morgan fingerprint density at radius 3 is 1.33 bits per heavy atom. The monoisotopic (exact) mass is 1870 g/mol. The number of anilines is 18. The fraction of sp³-hybridized carbons (Fsp3) is 0.119. The van der Waals surface area contributed by atoms with Crippen LogP contribution in [0.4, 0.5) is 104 Å². The minimum absolute atomic E-state index is 0.219. The van der Waals surface area contributed by atoms with Gasteiger partial charge in [-0.2, -0.15) is 0 Å². The summed E-state index contributed by atoms with van der Waals surface area (Å²) in [5.74, 6) is 13.2. The number of hydrogen-bond acceptors (Lipinski definition) is 20. The molecule has 0 spiro atoms. The Labute approximate surface area is 779 Å². The summed E-state index contributed by atoms with van der Waals surface area (Å²) in [6.07, 6.45) is 0.936. The van der Waals surface area contributed by atoms with E-state index in [2.05, 4.69) is 162 Å². The molecule has 0 aliphatic carbocycles. The van der Waals surface area contributed by atoms with Crippen LogP contribution >= 0.6 is 11.8 Å². The second-order valence-electron chi connectivity index (χ2n) is 31.9. The van der Waals surface area contributed by atoms with Crippen LogP contribution in [0, 0.1) is 62.3 Å². The van der Waals surface area contributed by atoms with Gasteiger partial charge in [-0.25, -0.2) is 12.6 Å². The zero-order chi connectivity index (χ0) is 91.2. The van der Waals surface area contributed by atoms with Crippen molar-refractivity contribution in [2.75, 3.05) is 50.7 Å². The van der Waals surface area contributed by atoms with E-state index in [0.29, 0.717) is 59.6 Å². The third kappa shape index (κ3) is 16.4. The molecule has 19 nitrogen and oxygen atoms in total. The Morgan fingerprint density at radius 2 is 0.705 bits per heavy atom. The molecule has 24 rings (SSSR count). The molecule has 0 saturated carbocycles. The fourth-order valence-electron chi connectivity index (χ4n) is 17.1. The van der Waals surface area contributed by atoms with Crippen LogP contribution in [0.3, 0.4) is 0 Å². The molecule has 0 amide bonds. The van der Waals surface area contributed by atoms with Gasteiger partial charge in [-0.3, -0.25) is 24.5 Å². The van der Waals surface area contributed by atoms with E-state index < -0.39 is 20.6 Å². The summed E-state index contributed by atoms with van der Waals surface area (Å²) >= 11 is 2.05. The molecule has 0 saturated heterocycles. The first-order valence-electron chi connectivity index (χ1n) is 43.0. The molecule has 23 heteroatoms. The molecule has 0 N–H and O–H groups in total. The predicted octanol–water partition coefficient (Wildman–Crippen LogP) is 28.4. The van der Waals surface area contributed by atoms with Crippen molar-refractivity contribution in [1.82, 2.24) is 0 Å². The van der Waals surface area contributed by atoms with E-state index in [9.17, 15) is 12.6 Å². The number of nitrogens with zero attached hydrogens (tertiary/aromatic N) is 6. The van der Waals surface area contributed by atoms with Gasteiger partial charge in [-0.05, 0) is 186 Å². The molecule has 18 aromatic rings. The van der Waals surface area contributed by atoms with Gasteiger partial charge in [-0.1, -0.05) is 151 Å². The van der Waals surface area contributed by atoms with E-state index in [0.717, 1.165) is 131 Å². The van der Waals surface area contributed by atoms with Crippen molar-refractivity contribution in [1.29, 1.82) is 0 Å². The fourth-order valence-corrected chi connectivity index (χ4v) is 23.4. The minimum atomic E-state index is -3.57. The Balaban J connectivity index is 0.000000102. The number of rotatable bonds is 9. The van der Waals surface area contributed by atoms with Crippen molar-refractivity contribution in [3.05, 3.63) is 390 Å². The first kappa shape index (κ1) is 86.7. The number of hydrogen-bond donors (Lipinski definition) is 0. The SMILES string of the molecule is COc1ccccc1N1c2ccccc2Oc2cc(C)oc21.COc1ccccc1N1c2ccccc2S(=O)c2cc(C)oc21.COc1ccccc1N1c2ccccc2Sc2cc(C)oc21.Cc1cc2c(o1)N(c1ccccc1C)c1ccccc1C2.Cc1cc2c(o1)N(c1ccccc1C)c1ccccc1S2(=O)=O.Cc1cc2c(o1)N(c1ccccc1C)c1ccccc1[Se]2. The van der Waals surface area contributed by atoms with Crippen LogP contribution < -0.4 is 57.3 Å². The Morgan fingerprint density at radius 1 is 0.295 bits per heavy atom. The summed E-state index contributed by atoms with van der Waals surface area (Å²) in [6.45, 7) is 17.8. The Hall–Kier alpha value is -14.7. The number of methoxy groups -OCH3 is 3. The molecule has 0 fully saturated rings. The first-order chi connectivity index (χ1) is 64.2. The van der Waals surface area contributed by atoms with Crippen LogP contribution in [0.1, 0.15) is 62.4 Å². The van der Waals surface area contributed by atoms with Crippen LogP contribution in [0.5, 0.6) is 28.7 Å². The summed E-state index contributed by atoms with van der Waals surface area (Å²) in [7, 11) is 0.180. The second-order valence-corrected chi connectivity index (χ2v) is 38.6. The Bertz CT molecular complexity index is 7230. The summed E-state index contributed by atoms with van der Waals surface area (Å²) in [5, 5.41) is 0. The first-order valence-corrected chi connectivity index (χ1v) is 48.1. The van der Waals surface area contributed by atoms with Crippen LogP contribution in [-0.4, -0.2) is 48.9 Å². The van der Waals surface area contributed by atoms with Gasteiger partial charge in [0.05, 0.1) is 104 Å². The molecule has 132 heavy (non-hydrogen) atoms. The van der Waals surface area contributed by atoms with Gasteiger partial charge in [0.15, 0.2) is 11.5 Å². The van der Waals surface area contributed by atoms with Crippen molar-refractivity contribution in [3.8, 4) is 28.7 Å². The van der Waals surface area contributed by atoms with Crippen molar-refractivity contribution in [2.45, 2.75) is 98.1 Å². The van der Waals surface area contributed by atoms with Crippen molar-refractivity contribution in [3.63, 3.8) is 0 Å². The molecule has 0 radical (unpaired) electrons. The summed E-state index contributed by atoms with van der Waals surface area (Å²) in [4.78, 5) is 16.8. The predicted molar refractivity (Wildman–Crippen MR) is 525 cm³/mol. The quantitative estimate of drug-likeness (QED) is 0.124. The molecule has 1 unspecified atom stereocenters. The van der Waals surface area contributed by atoms with E-state index in [1.165, 1.54) is 58.8 Å². The van der Waals surface area contributed by atoms with Crippen molar-refractivity contribution >= 4 is 160 Å². The van der Waals surface area contributed by atoms with Crippen LogP contribution in [0.25, 0.3) is 0 Å². The standard InChI is InChI=1S/C19H17NO.2C18H15NO3S.C18H15NO3.C18H15NO2S.C18H15NOSe/c1-13-7-3-5-9-17(13)20-18-10-6-4-8-15(18)12-16-11-14(2)21-19(16)20;1-12-11-17-18(22-12)19(13-7-3-5-9-15(13)21-2)14-8-4-6-10-16(14)23(17)20;1-12-7-3-4-8-14(12)19-15-9-5-6-10-16(15)23(20,21)17-11-13(2)22-18(17)19;2*1-12-11-17-18(21-12)19(13-7-3-5-9-15(13)20-2)14-8-4-6-10-16(14)22-17;1-12-7-3-4-8-14(12)19-15-9-5-6-10-16(15)21-17-11-13(2)20-18(17)19/h3-11H,12H2,1-2H3;2*3-11H,1-2H3;2*3-11H,1-2H3;3-11H,1-2H3. The molecule has 12 heterocycles. The summed E-state index contributed by atoms with van der Waals surface area (Å²) in [6, 6.07) is 108. The Kier molecular flexibility index (Phi) is 24.1. The molecule has 0 bridgehead atoms. The normalized spacial score (nSPS) is 13.7. The van der Waals surface area contributed by atoms with Crippen LogP contribution in [-0.2, 0) is 27.1 Å². The van der Waals surface area contributed by atoms with E-state index in [-0.39, 0.29) is 4.90 Å². The molecule has 1 atom stereocenters. The zero-order valence-electron chi connectivity index (χ0n) is 74.5. The zero-order valence-corrected chi connectivity index (χ0v) is 78.7.